The van der Waals surface area contributed by atoms with Crippen molar-refractivity contribution in [2.24, 2.45) is 0 Å². The molecule has 0 radical (unpaired) electrons. The van der Waals surface area contributed by atoms with E-state index in [-0.39, 0.29) is 11.7 Å². The van der Waals surface area contributed by atoms with Crippen LogP contribution in [0.25, 0.3) is 0 Å². The second-order valence-electron chi connectivity index (χ2n) is 3.56. The normalized spacial score (nSPS) is 20.3. The first kappa shape index (κ1) is 11.9. The highest BCUT2D eigenvalue weighted by molar-refractivity contribution is 7.99. The van der Waals surface area contributed by atoms with Crippen molar-refractivity contribution in [3.05, 3.63) is 11.7 Å². The van der Waals surface area contributed by atoms with Crippen LogP contribution in [0.1, 0.15) is 16.5 Å². The number of carboxylic acids is 1. The van der Waals surface area contributed by atoms with Gasteiger partial charge in [-0.3, -0.25) is 4.79 Å². The van der Waals surface area contributed by atoms with Crippen LogP contribution in [0.2, 0.25) is 0 Å². The van der Waals surface area contributed by atoms with Crippen molar-refractivity contribution in [3.63, 3.8) is 0 Å². The van der Waals surface area contributed by atoms with E-state index in [1.54, 1.807) is 6.92 Å². The van der Waals surface area contributed by atoms with Crippen LogP contribution in [0.4, 0.5) is 0 Å². The van der Waals surface area contributed by atoms with Gasteiger partial charge in [-0.2, -0.15) is 16.7 Å². The van der Waals surface area contributed by atoms with Gasteiger partial charge in [0, 0.05) is 25.0 Å². The molecule has 0 bridgehead atoms. The van der Waals surface area contributed by atoms with Crippen molar-refractivity contribution >= 4 is 23.6 Å². The largest absolute Gasteiger partial charge is 0.480 e. The fourth-order valence-electron chi connectivity index (χ4n) is 1.57. The number of hydrogen-bond donors (Lipinski definition) is 1. The molecule has 1 aromatic rings. The molecule has 1 aromatic heterocycles. The highest BCUT2D eigenvalue weighted by atomic mass is 32.2. The summed E-state index contributed by atoms with van der Waals surface area (Å²) in [4.78, 5) is 28.1. The summed E-state index contributed by atoms with van der Waals surface area (Å²) in [6, 6.07) is -0.819. The van der Waals surface area contributed by atoms with E-state index >= 15 is 0 Å². The van der Waals surface area contributed by atoms with Gasteiger partial charge in [-0.05, 0) is 0 Å². The topological polar surface area (TPSA) is 96.5 Å². The van der Waals surface area contributed by atoms with Crippen LogP contribution in [0.15, 0.2) is 4.52 Å². The number of nitrogens with zero attached hydrogens (tertiary/aromatic N) is 3. The quantitative estimate of drug-likeness (QED) is 0.797. The molecule has 1 amide bonds. The number of aryl methyl sites for hydroxylation is 1. The highest BCUT2D eigenvalue weighted by Gasteiger charge is 2.34. The van der Waals surface area contributed by atoms with Gasteiger partial charge in [-0.15, -0.1) is 0 Å². The maximum atomic E-state index is 12.0. The van der Waals surface area contributed by atoms with Crippen LogP contribution in [0.5, 0.6) is 0 Å². The molecule has 1 saturated heterocycles. The Bertz CT molecular complexity index is 447. The fourth-order valence-corrected chi connectivity index (χ4v) is 2.60. The number of amides is 1. The standard InChI is InChI=1S/C9H11N3O4S/c1-5-10-7(11-16-5)8(13)12-2-3-17-4-6(12)9(14)15/h6H,2-4H2,1H3,(H,14,15). The van der Waals surface area contributed by atoms with E-state index in [0.29, 0.717) is 18.1 Å². The van der Waals surface area contributed by atoms with Crippen LogP contribution in [0.3, 0.4) is 0 Å². The van der Waals surface area contributed by atoms with E-state index in [4.69, 9.17) is 9.63 Å². The second kappa shape index (κ2) is 4.74. The predicted octanol–water partition coefficient (Wildman–Crippen LogP) is 0.0202. The molecule has 7 nitrogen and oxygen atoms in total. The summed E-state index contributed by atoms with van der Waals surface area (Å²) in [7, 11) is 0. The SMILES string of the molecule is Cc1nc(C(=O)N2CCSCC2C(=O)O)no1. The van der Waals surface area contributed by atoms with Crippen molar-refractivity contribution in [2.45, 2.75) is 13.0 Å². The molecule has 1 aliphatic rings. The minimum Gasteiger partial charge on any atom is -0.480 e. The van der Waals surface area contributed by atoms with Crippen molar-refractivity contribution < 1.29 is 19.2 Å². The molecule has 2 rings (SSSR count). The third-order valence-corrected chi connectivity index (χ3v) is 3.42. The maximum absolute atomic E-state index is 12.0. The zero-order chi connectivity index (χ0) is 12.4. The highest BCUT2D eigenvalue weighted by Crippen LogP contribution is 2.18. The first-order valence-electron chi connectivity index (χ1n) is 5.01. The van der Waals surface area contributed by atoms with E-state index in [0.717, 1.165) is 0 Å². The lowest BCUT2D eigenvalue weighted by atomic mass is 10.2. The molecule has 8 heteroatoms. The maximum Gasteiger partial charge on any atom is 0.327 e. The number of carbonyl (C=O) groups excluding carboxylic acids is 1. The van der Waals surface area contributed by atoms with Gasteiger partial charge >= 0.3 is 5.97 Å². The molecule has 0 spiro atoms. The minimum atomic E-state index is -1.01. The van der Waals surface area contributed by atoms with E-state index in [1.165, 1.54) is 16.7 Å². The van der Waals surface area contributed by atoms with Crippen molar-refractivity contribution in [2.75, 3.05) is 18.1 Å². The lowest BCUT2D eigenvalue weighted by Gasteiger charge is -2.31. The van der Waals surface area contributed by atoms with E-state index in [2.05, 4.69) is 10.1 Å². The molecule has 0 aromatic carbocycles. The molecule has 0 aliphatic carbocycles. The Balaban J connectivity index is 2.19. The van der Waals surface area contributed by atoms with Crippen LogP contribution < -0.4 is 0 Å². The van der Waals surface area contributed by atoms with Gasteiger partial charge in [-0.1, -0.05) is 5.16 Å². The summed E-state index contributed by atoms with van der Waals surface area (Å²) in [6.45, 7) is 1.96. The fraction of sp³-hybridized carbons (Fsp3) is 0.556. The minimum absolute atomic E-state index is 0.0827. The van der Waals surface area contributed by atoms with Crippen LogP contribution >= 0.6 is 11.8 Å². The average Bonchev–Trinajstić information content (AvgIpc) is 2.75. The van der Waals surface area contributed by atoms with Crippen molar-refractivity contribution in [3.8, 4) is 0 Å². The summed E-state index contributed by atoms with van der Waals surface area (Å²) in [5.41, 5.74) is 0. The molecule has 1 aliphatic heterocycles. The Hall–Kier alpha value is -1.57. The number of aromatic nitrogens is 2. The molecule has 1 atom stereocenters. The third-order valence-electron chi connectivity index (χ3n) is 2.39. The molecule has 92 valence electrons. The zero-order valence-electron chi connectivity index (χ0n) is 9.12. The summed E-state index contributed by atoms with van der Waals surface area (Å²) < 4.78 is 4.71. The molecule has 2 heterocycles. The Kier molecular flexibility index (Phi) is 3.32. The van der Waals surface area contributed by atoms with Crippen molar-refractivity contribution in [1.82, 2.24) is 15.0 Å². The Morgan fingerprint density at radius 2 is 2.35 bits per heavy atom. The zero-order valence-corrected chi connectivity index (χ0v) is 9.94. The van der Waals surface area contributed by atoms with Gasteiger partial charge in [0.05, 0.1) is 0 Å². The number of hydrogen-bond acceptors (Lipinski definition) is 6. The monoisotopic (exact) mass is 257 g/mol. The van der Waals surface area contributed by atoms with Gasteiger partial charge in [-0.25, -0.2) is 4.79 Å². The average molecular weight is 257 g/mol. The number of carboxylic acid groups (broad SMARTS) is 1. The molecule has 1 unspecified atom stereocenters. The van der Waals surface area contributed by atoms with E-state index in [1.807, 2.05) is 0 Å². The summed E-state index contributed by atoms with van der Waals surface area (Å²) in [5.74, 6) is -0.197. The lowest BCUT2D eigenvalue weighted by molar-refractivity contribution is -0.141. The van der Waals surface area contributed by atoms with Gasteiger partial charge in [0.15, 0.2) is 0 Å². The van der Waals surface area contributed by atoms with Gasteiger partial charge < -0.3 is 14.5 Å². The van der Waals surface area contributed by atoms with Gasteiger partial charge in [0.2, 0.25) is 5.89 Å². The predicted molar refractivity (Wildman–Crippen MR) is 58.8 cm³/mol. The first-order valence-corrected chi connectivity index (χ1v) is 6.17. The Labute approximate surface area is 101 Å². The summed E-state index contributed by atoms with van der Waals surface area (Å²) in [5, 5.41) is 12.5. The van der Waals surface area contributed by atoms with Crippen LogP contribution in [0, 0.1) is 6.92 Å². The number of thioether (sulfide) groups is 1. The lowest BCUT2D eigenvalue weighted by Crippen LogP contribution is -2.50. The molecule has 17 heavy (non-hydrogen) atoms. The van der Waals surface area contributed by atoms with E-state index in [9.17, 15) is 9.59 Å². The molecule has 0 saturated carbocycles. The van der Waals surface area contributed by atoms with Gasteiger partial charge in [0.1, 0.15) is 6.04 Å². The van der Waals surface area contributed by atoms with Crippen molar-refractivity contribution in [1.29, 1.82) is 0 Å². The molecular weight excluding hydrogens is 246 g/mol. The smallest absolute Gasteiger partial charge is 0.327 e. The second-order valence-corrected chi connectivity index (χ2v) is 4.71. The van der Waals surface area contributed by atoms with E-state index < -0.39 is 17.9 Å². The van der Waals surface area contributed by atoms with Crippen LogP contribution in [-0.2, 0) is 4.79 Å². The van der Waals surface area contributed by atoms with Gasteiger partial charge in [0.25, 0.3) is 11.7 Å². The number of carbonyl (C=O) groups is 2. The Morgan fingerprint density at radius 1 is 1.59 bits per heavy atom. The Morgan fingerprint density at radius 3 is 2.94 bits per heavy atom. The summed E-state index contributed by atoms with van der Waals surface area (Å²) >= 11 is 1.51. The molecular formula is C9H11N3O4S. The summed E-state index contributed by atoms with van der Waals surface area (Å²) in [6.07, 6.45) is 0. The number of aliphatic carboxylic acids is 1. The number of rotatable bonds is 2. The molecule has 1 N–H and O–H groups in total. The van der Waals surface area contributed by atoms with Crippen LogP contribution in [-0.4, -0.2) is 56.1 Å². The molecule has 1 fully saturated rings. The first-order chi connectivity index (χ1) is 8.09. The third kappa shape index (κ3) is 2.41.